The molecule has 2 rings (SSSR count). The lowest BCUT2D eigenvalue weighted by Gasteiger charge is -2.09. The van der Waals surface area contributed by atoms with Crippen LogP contribution in [0.1, 0.15) is 10.4 Å². The number of anilines is 1. The molecule has 0 fully saturated rings. The maximum Gasteiger partial charge on any atom is 0.252 e. The molecule has 5 N–H and O–H groups in total. The minimum Gasteiger partial charge on any atom is -0.495 e. The van der Waals surface area contributed by atoms with Crippen LogP contribution in [-0.4, -0.2) is 18.0 Å². The molecule has 0 spiro atoms. The molecule has 1 heterocycles. The Labute approximate surface area is 123 Å². The molecule has 0 aliphatic carbocycles. The number of nitrogens with two attached hydrogens (primary N) is 2. The summed E-state index contributed by atoms with van der Waals surface area (Å²) in [4.78, 5) is 14.1. The minimum atomic E-state index is -0.597. The van der Waals surface area contributed by atoms with Crippen molar-refractivity contribution in [2.75, 3.05) is 12.8 Å². The van der Waals surface area contributed by atoms with Crippen LogP contribution in [-0.2, 0) is 0 Å². The normalized spacial score (nSPS) is 10.5. The topological polar surface area (TPSA) is 94.1 Å². The largest absolute Gasteiger partial charge is 0.495 e. The molecule has 2 aromatic rings. The molecule has 0 unspecified atom stereocenters. The van der Waals surface area contributed by atoms with Crippen LogP contribution in [0.3, 0.4) is 0 Å². The Kier molecular flexibility index (Phi) is 3.73. The fraction of sp³-hybridized carbons (Fsp3) is 0.0833. The summed E-state index contributed by atoms with van der Waals surface area (Å²) in [6.07, 6.45) is 0. The minimum absolute atomic E-state index is 0.209. The van der Waals surface area contributed by atoms with Crippen molar-refractivity contribution in [3.05, 3.63) is 33.3 Å². The molecule has 0 bridgehead atoms. The van der Waals surface area contributed by atoms with Crippen LogP contribution in [0, 0.1) is 0 Å². The van der Waals surface area contributed by atoms with E-state index in [1.807, 2.05) is 0 Å². The first kappa shape index (κ1) is 13.8. The first-order chi connectivity index (χ1) is 8.93. The number of amides is 1. The lowest BCUT2D eigenvalue weighted by atomic mass is 10.1. The maximum atomic E-state index is 11.2. The van der Waals surface area contributed by atoms with Gasteiger partial charge in [0.2, 0.25) is 0 Å². The second kappa shape index (κ2) is 5.14. The van der Waals surface area contributed by atoms with E-state index in [9.17, 15) is 4.79 Å². The summed E-state index contributed by atoms with van der Waals surface area (Å²) in [5.74, 6) is 0.197. The van der Waals surface area contributed by atoms with Crippen LogP contribution in [0.2, 0.25) is 5.02 Å². The van der Waals surface area contributed by atoms with E-state index in [1.54, 1.807) is 25.3 Å². The van der Waals surface area contributed by atoms with Crippen LogP contribution in [0.5, 0.6) is 5.75 Å². The monoisotopic (exact) mass is 343 g/mol. The number of carbonyl (C=O) groups is 1. The van der Waals surface area contributed by atoms with E-state index < -0.39 is 5.91 Å². The van der Waals surface area contributed by atoms with Gasteiger partial charge in [-0.05, 0) is 34.1 Å². The van der Waals surface area contributed by atoms with E-state index in [4.69, 9.17) is 27.8 Å². The summed E-state index contributed by atoms with van der Waals surface area (Å²) in [7, 11) is 1.54. The number of hydrogen-bond acceptors (Lipinski definition) is 3. The fourth-order valence-corrected chi connectivity index (χ4v) is 2.76. The number of ether oxygens (including phenoxy) is 1. The van der Waals surface area contributed by atoms with Gasteiger partial charge < -0.3 is 21.2 Å². The number of benzene rings is 1. The number of H-pyrrole nitrogens is 1. The molecular formula is C12H11BrClN3O2. The molecule has 0 atom stereocenters. The van der Waals surface area contributed by atoms with Crippen molar-refractivity contribution in [2.24, 2.45) is 5.73 Å². The second-order valence-corrected chi connectivity index (χ2v) is 5.13. The highest BCUT2D eigenvalue weighted by Gasteiger charge is 2.16. The molecular weight excluding hydrogens is 334 g/mol. The van der Waals surface area contributed by atoms with Gasteiger partial charge >= 0.3 is 0 Å². The Hall–Kier alpha value is -1.66. The van der Waals surface area contributed by atoms with Crippen molar-refractivity contribution in [2.45, 2.75) is 0 Å². The van der Waals surface area contributed by atoms with E-state index in [-0.39, 0.29) is 11.4 Å². The van der Waals surface area contributed by atoms with Crippen molar-refractivity contribution >= 4 is 39.3 Å². The summed E-state index contributed by atoms with van der Waals surface area (Å²) in [6.45, 7) is 0. The first-order valence-electron chi connectivity index (χ1n) is 5.25. The van der Waals surface area contributed by atoms with Gasteiger partial charge in [-0.1, -0.05) is 11.6 Å². The van der Waals surface area contributed by atoms with Gasteiger partial charge in [0.25, 0.3) is 5.91 Å². The highest BCUT2D eigenvalue weighted by Crippen LogP contribution is 2.39. The van der Waals surface area contributed by atoms with Gasteiger partial charge in [-0.15, -0.1) is 0 Å². The van der Waals surface area contributed by atoms with Crippen LogP contribution < -0.4 is 16.2 Å². The smallest absolute Gasteiger partial charge is 0.252 e. The van der Waals surface area contributed by atoms with Gasteiger partial charge in [-0.25, -0.2) is 0 Å². The second-order valence-electron chi connectivity index (χ2n) is 3.84. The number of aromatic amines is 1. The molecule has 0 aliphatic rings. The van der Waals surface area contributed by atoms with Crippen molar-refractivity contribution in [3.63, 3.8) is 0 Å². The summed E-state index contributed by atoms with van der Waals surface area (Å²) in [5.41, 5.74) is 12.5. The van der Waals surface area contributed by atoms with Crippen LogP contribution in [0.4, 0.5) is 5.82 Å². The predicted octanol–water partition coefficient (Wildman–Crippen LogP) is 2.79. The molecule has 0 aliphatic heterocycles. The molecule has 7 heteroatoms. The van der Waals surface area contributed by atoms with E-state index >= 15 is 0 Å². The standard InChI is InChI=1S/C12H11BrClN3O2/c1-19-10-6(2-5(14)3-8(10)13)9-4-7(12(16)18)11(15)17-9/h2-4,17H,15H2,1H3,(H2,16,18). The number of carbonyl (C=O) groups excluding carboxylic acids is 1. The number of nitrogens with one attached hydrogen (secondary N) is 1. The zero-order chi connectivity index (χ0) is 14.2. The molecule has 0 saturated carbocycles. The lowest BCUT2D eigenvalue weighted by molar-refractivity contribution is 0.100. The molecule has 1 aromatic carbocycles. The lowest BCUT2D eigenvalue weighted by Crippen LogP contribution is -2.11. The third-order valence-electron chi connectivity index (χ3n) is 2.62. The van der Waals surface area contributed by atoms with Gasteiger partial charge in [-0.2, -0.15) is 0 Å². The Morgan fingerprint density at radius 3 is 2.63 bits per heavy atom. The van der Waals surface area contributed by atoms with E-state index in [2.05, 4.69) is 20.9 Å². The number of aromatic nitrogens is 1. The SMILES string of the molecule is COc1c(Br)cc(Cl)cc1-c1cc(C(N)=O)c(N)[nH]1. The van der Waals surface area contributed by atoms with E-state index in [0.29, 0.717) is 26.5 Å². The average Bonchev–Trinajstić information content (AvgIpc) is 2.70. The zero-order valence-electron chi connectivity index (χ0n) is 9.96. The first-order valence-corrected chi connectivity index (χ1v) is 6.42. The third-order valence-corrected chi connectivity index (χ3v) is 3.42. The molecule has 100 valence electrons. The summed E-state index contributed by atoms with van der Waals surface area (Å²) < 4.78 is 6.01. The quantitative estimate of drug-likeness (QED) is 0.799. The highest BCUT2D eigenvalue weighted by atomic mass is 79.9. The number of methoxy groups -OCH3 is 1. The van der Waals surface area contributed by atoms with E-state index in [0.717, 1.165) is 0 Å². The van der Waals surface area contributed by atoms with Crippen molar-refractivity contribution in [1.82, 2.24) is 4.98 Å². The highest BCUT2D eigenvalue weighted by molar-refractivity contribution is 9.10. The van der Waals surface area contributed by atoms with Crippen LogP contribution in [0.15, 0.2) is 22.7 Å². The Morgan fingerprint density at radius 2 is 2.11 bits per heavy atom. The molecule has 1 amide bonds. The molecule has 1 aromatic heterocycles. The predicted molar refractivity (Wildman–Crippen MR) is 78.4 cm³/mol. The number of nitrogen functional groups attached to an aromatic ring is 1. The molecule has 0 radical (unpaired) electrons. The Morgan fingerprint density at radius 1 is 1.42 bits per heavy atom. The van der Waals surface area contributed by atoms with Crippen molar-refractivity contribution < 1.29 is 9.53 Å². The summed E-state index contributed by atoms with van der Waals surface area (Å²) in [5, 5.41) is 0.525. The van der Waals surface area contributed by atoms with Crippen molar-refractivity contribution in [3.8, 4) is 17.0 Å². The maximum absolute atomic E-state index is 11.2. The number of halogens is 2. The number of hydrogen-bond donors (Lipinski definition) is 3. The fourth-order valence-electron chi connectivity index (χ4n) is 1.79. The average molecular weight is 345 g/mol. The molecule has 0 saturated heterocycles. The summed E-state index contributed by atoms with van der Waals surface area (Å²) in [6, 6.07) is 4.99. The number of primary amides is 1. The third kappa shape index (κ3) is 2.54. The van der Waals surface area contributed by atoms with Gasteiger partial charge in [0.1, 0.15) is 11.6 Å². The zero-order valence-corrected chi connectivity index (χ0v) is 12.3. The van der Waals surface area contributed by atoms with E-state index in [1.165, 1.54) is 0 Å². The Bertz CT molecular complexity index is 655. The van der Waals surface area contributed by atoms with Crippen LogP contribution in [0.25, 0.3) is 11.3 Å². The van der Waals surface area contributed by atoms with Crippen LogP contribution >= 0.6 is 27.5 Å². The van der Waals surface area contributed by atoms with Crippen molar-refractivity contribution in [1.29, 1.82) is 0 Å². The van der Waals surface area contributed by atoms with Gasteiger partial charge in [0, 0.05) is 10.6 Å². The molecule has 19 heavy (non-hydrogen) atoms. The van der Waals surface area contributed by atoms with Gasteiger partial charge in [-0.3, -0.25) is 4.79 Å². The van der Waals surface area contributed by atoms with Gasteiger partial charge in [0.05, 0.1) is 22.8 Å². The number of rotatable bonds is 3. The molecule has 5 nitrogen and oxygen atoms in total. The Balaban J connectivity index is 2.64. The summed E-state index contributed by atoms with van der Waals surface area (Å²) >= 11 is 9.38. The van der Waals surface area contributed by atoms with Gasteiger partial charge in [0.15, 0.2) is 0 Å².